The Morgan fingerprint density at radius 2 is 1.77 bits per heavy atom. The van der Waals surface area contributed by atoms with Crippen molar-refractivity contribution in [2.45, 2.75) is 44.2 Å². The maximum absolute atomic E-state index is 12.2. The van der Waals surface area contributed by atoms with E-state index in [-0.39, 0.29) is 11.7 Å². The molecule has 31 heavy (non-hydrogen) atoms. The van der Waals surface area contributed by atoms with Gasteiger partial charge in [-0.15, -0.1) is 0 Å². The van der Waals surface area contributed by atoms with Gasteiger partial charge < -0.3 is 9.64 Å². The van der Waals surface area contributed by atoms with Gasteiger partial charge in [0.1, 0.15) is 17.5 Å². The maximum atomic E-state index is 12.2. The number of rotatable bonds is 5. The van der Waals surface area contributed by atoms with Crippen LogP contribution >= 0.6 is 0 Å². The summed E-state index contributed by atoms with van der Waals surface area (Å²) in [6.07, 6.45) is 8.31. The third kappa shape index (κ3) is 4.26. The van der Waals surface area contributed by atoms with Crippen LogP contribution in [-0.2, 0) is 7.05 Å². The lowest BCUT2D eigenvalue weighted by molar-refractivity contribution is 0.0493. The second-order valence-electron chi connectivity index (χ2n) is 8.55. The van der Waals surface area contributed by atoms with E-state index in [4.69, 9.17) is 4.74 Å². The number of likely N-dealkylation sites (tertiary alicyclic amines) is 1. The van der Waals surface area contributed by atoms with Gasteiger partial charge in [0.25, 0.3) is 5.56 Å². The van der Waals surface area contributed by atoms with Gasteiger partial charge in [0, 0.05) is 49.6 Å². The van der Waals surface area contributed by atoms with Crippen LogP contribution in [0.3, 0.4) is 0 Å². The van der Waals surface area contributed by atoms with Crippen molar-refractivity contribution in [2.24, 2.45) is 7.05 Å². The van der Waals surface area contributed by atoms with Crippen LogP contribution in [0.2, 0.25) is 0 Å². The van der Waals surface area contributed by atoms with Crippen LogP contribution in [0.4, 0.5) is 0 Å². The molecular weight excluding hydrogens is 388 g/mol. The first-order valence-electron chi connectivity index (χ1n) is 11.2. The standard InChI is InChI=1S/C25H28N4O2/c1-28-24(30)17-22(23-7-2-3-14-26-23)25(27-28)18-8-10-20(11-9-18)31-21-12-15-29(16-13-21)19-5-4-6-19/h2-3,7-11,14,17,19,21H,4-6,12-13,15-16H2,1H3. The maximum Gasteiger partial charge on any atom is 0.267 e. The van der Waals surface area contributed by atoms with Crippen molar-refractivity contribution in [1.82, 2.24) is 19.7 Å². The van der Waals surface area contributed by atoms with E-state index in [2.05, 4.69) is 15.0 Å². The number of benzene rings is 1. The quantitative estimate of drug-likeness (QED) is 0.631. The summed E-state index contributed by atoms with van der Waals surface area (Å²) in [5, 5.41) is 4.52. The molecule has 6 heteroatoms. The van der Waals surface area contributed by atoms with Crippen LogP contribution in [0, 0.1) is 0 Å². The molecule has 0 bridgehead atoms. The summed E-state index contributed by atoms with van der Waals surface area (Å²) in [6.45, 7) is 2.28. The largest absolute Gasteiger partial charge is 0.490 e. The Hall–Kier alpha value is -2.99. The molecule has 1 saturated carbocycles. The molecule has 1 aliphatic carbocycles. The predicted octanol–water partition coefficient (Wildman–Crippen LogP) is 3.91. The van der Waals surface area contributed by atoms with Gasteiger partial charge in [-0.3, -0.25) is 9.78 Å². The third-order valence-corrected chi connectivity index (χ3v) is 6.53. The van der Waals surface area contributed by atoms with E-state index in [1.807, 2.05) is 42.5 Å². The highest BCUT2D eigenvalue weighted by Crippen LogP contribution is 2.31. The first-order valence-corrected chi connectivity index (χ1v) is 11.2. The van der Waals surface area contributed by atoms with Crippen molar-refractivity contribution in [2.75, 3.05) is 13.1 Å². The minimum atomic E-state index is -0.155. The molecule has 1 saturated heterocycles. The van der Waals surface area contributed by atoms with Crippen LogP contribution in [0.25, 0.3) is 22.5 Å². The summed E-state index contributed by atoms with van der Waals surface area (Å²) in [5.41, 5.74) is 2.99. The average Bonchev–Trinajstić information content (AvgIpc) is 2.77. The highest BCUT2D eigenvalue weighted by Gasteiger charge is 2.29. The lowest BCUT2D eigenvalue weighted by Crippen LogP contribution is -2.46. The highest BCUT2D eigenvalue weighted by molar-refractivity contribution is 5.78. The van der Waals surface area contributed by atoms with Gasteiger partial charge in [0.15, 0.2) is 0 Å². The fourth-order valence-corrected chi connectivity index (χ4v) is 4.46. The molecule has 3 aromatic rings. The summed E-state index contributed by atoms with van der Waals surface area (Å²) in [7, 11) is 1.67. The van der Waals surface area contributed by atoms with E-state index in [1.165, 1.54) is 23.9 Å². The molecule has 2 fully saturated rings. The number of piperidine rings is 1. The lowest BCUT2D eigenvalue weighted by Gasteiger charge is -2.41. The molecule has 0 unspecified atom stereocenters. The van der Waals surface area contributed by atoms with Gasteiger partial charge in [-0.2, -0.15) is 5.10 Å². The van der Waals surface area contributed by atoms with E-state index in [0.717, 1.165) is 60.2 Å². The number of hydrogen-bond donors (Lipinski definition) is 0. The van der Waals surface area contributed by atoms with Crippen molar-refractivity contribution in [1.29, 1.82) is 0 Å². The Kier molecular flexibility index (Phi) is 5.55. The van der Waals surface area contributed by atoms with E-state index in [1.54, 1.807) is 19.3 Å². The minimum Gasteiger partial charge on any atom is -0.490 e. The molecule has 0 radical (unpaired) electrons. The molecule has 0 atom stereocenters. The summed E-state index contributed by atoms with van der Waals surface area (Å²) >= 11 is 0. The molecule has 160 valence electrons. The molecule has 0 spiro atoms. The van der Waals surface area contributed by atoms with Gasteiger partial charge in [-0.05, 0) is 62.1 Å². The number of hydrogen-bond acceptors (Lipinski definition) is 5. The monoisotopic (exact) mass is 416 g/mol. The molecule has 2 aliphatic rings. The van der Waals surface area contributed by atoms with Crippen LogP contribution in [0.5, 0.6) is 5.75 Å². The van der Waals surface area contributed by atoms with Crippen molar-refractivity contribution >= 4 is 0 Å². The fourth-order valence-electron chi connectivity index (χ4n) is 4.46. The van der Waals surface area contributed by atoms with Gasteiger partial charge in [-0.25, -0.2) is 4.68 Å². The van der Waals surface area contributed by atoms with Gasteiger partial charge >= 0.3 is 0 Å². The fraction of sp³-hybridized carbons (Fsp3) is 0.400. The number of pyridine rings is 1. The molecular formula is C25H28N4O2. The first-order chi connectivity index (χ1) is 15.2. The summed E-state index contributed by atoms with van der Waals surface area (Å²) in [5.74, 6) is 0.884. The molecule has 1 aromatic carbocycles. The second kappa shape index (κ2) is 8.63. The first kappa shape index (κ1) is 19.9. The van der Waals surface area contributed by atoms with Crippen LogP contribution in [-0.4, -0.2) is 44.9 Å². The van der Waals surface area contributed by atoms with E-state index in [0.29, 0.717) is 0 Å². The Labute approximate surface area is 182 Å². The molecule has 2 aromatic heterocycles. The zero-order valence-corrected chi connectivity index (χ0v) is 17.9. The normalized spacial score (nSPS) is 18.0. The average molecular weight is 417 g/mol. The van der Waals surface area contributed by atoms with Crippen LogP contribution < -0.4 is 10.3 Å². The number of nitrogens with zero attached hydrogens (tertiary/aromatic N) is 4. The summed E-state index contributed by atoms with van der Waals surface area (Å²) in [4.78, 5) is 19.3. The van der Waals surface area contributed by atoms with E-state index >= 15 is 0 Å². The van der Waals surface area contributed by atoms with Gasteiger partial charge in [0.2, 0.25) is 0 Å². The number of aromatic nitrogens is 3. The Morgan fingerprint density at radius 1 is 1.00 bits per heavy atom. The Bertz CT molecular complexity index is 1080. The van der Waals surface area contributed by atoms with Gasteiger partial charge in [0.05, 0.1) is 5.69 Å². The third-order valence-electron chi connectivity index (χ3n) is 6.53. The highest BCUT2D eigenvalue weighted by atomic mass is 16.5. The SMILES string of the molecule is Cn1nc(-c2ccc(OC3CCN(C4CCC4)CC3)cc2)c(-c2ccccn2)cc1=O. The number of aryl methyl sites for hydroxylation is 1. The van der Waals surface area contributed by atoms with E-state index < -0.39 is 0 Å². The zero-order chi connectivity index (χ0) is 21.2. The minimum absolute atomic E-state index is 0.155. The van der Waals surface area contributed by atoms with Crippen molar-refractivity contribution < 1.29 is 4.74 Å². The molecule has 1 aliphatic heterocycles. The smallest absolute Gasteiger partial charge is 0.267 e. The van der Waals surface area contributed by atoms with Crippen molar-refractivity contribution in [3.05, 3.63) is 65.1 Å². The second-order valence-corrected chi connectivity index (χ2v) is 8.55. The molecule has 6 nitrogen and oxygen atoms in total. The summed E-state index contributed by atoms with van der Waals surface area (Å²) < 4.78 is 7.63. The molecule has 0 N–H and O–H groups in total. The van der Waals surface area contributed by atoms with Crippen molar-refractivity contribution in [3.63, 3.8) is 0 Å². The Balaban J connectivity index is 1.32. The molecule has 3 heterocycles. The van der Waals surface area contributed by atoms with Gasteiger partial charge in [-0.1, -0.05) is 12.5 Å². The zero-order valence-electron chi connectivity index (χ0n) is 17.9. The predicted molar refractivity (Wildman–Crippen MR) is 121 cm³/mol. The molecule has 5 rings (SSSR count). The summed E-state index contributed by atoms with van der Waals surface area (Å²) in [6, 6.07) is 16.1. The van der Waals surface area contributed by atoms with Crippen molar-refractivity contribution in [3.8, 4) is 28.3 Å². The van der Waals surface area contributed by atoms with E-state index in [9.17, 15) is 4.79 Å². The van der Waals surface area contributed by atoms with Crippen LogP contribution in [0.1, 0.15) is 32.1 Å². The topological polar surface area (TPSA) is 60.2 Å². The molecule has 0 amide bonds. The van der Waals surface area contributed by atoms with Crippen LogP contribution in [0.15, 0.2) is 59.5 Å². The Morgan fingerprint density at radius 3 is 2.42 bits per heavy atom. The lowest BCUT2D eigenvalue weighted by atomic mass is 9.90. The number of ether oxygens (including phenoxy) is 1.